The van der Waals surface area contributed by atoms with Crippen LogP contribution in [0.25, 0.3) is 10.8 Å². The minimum Gasteiger partial charge on any atom is -0.403 e. The van der Waals surface area contributed by atoms with Crippen molar-refractivity contribution in [2.75, 3.05) is 0 Å². The molecule has 0 unspecified atom stereocenters. The number of nitrogens with two attached hydrogens (primary N) is 1. The first-order valence-electron chi connectivity index (χ1n) is 5.88. The third-order valence-electron chi connectivity index (χ3n) is 2.83. The van der Waals surface area contributed by atoms with Gasteiger partial charge in [0.05, 0.1) is 0 Å². The first-order chi connectivity index (χ1) is 9.28. The third kappa shape index (κ3) is 2.13. The van der Waals surface area contributed by atoms with Crippen LogP contribution in [-0.4, -0.2) is 19.7 Å². The Morgan fingerprint density at radius 2 is 2.00 bits per heavy atom. The lowest BCUT2D eigenvalue weighted by atomic mass is 10.1. The SMILES string of the molecule is Cn1cnc(Oc2ncc(CN)c3ccccc23)n1. The highest BCUT2D eigenvalue weighted by atomic mass is 16.5. The molecule has 0 atom stereocenters. The Bertz CT molecular complexity index is 722. The second kappa shape index (κ2) is 4.66. The fourth-order valence-electron chi connectivity index (χ4n) is 1.92. The predicted molar refractivity (Wildman–Crippen MR) is 70.7 cm³/mol. The van der Waals surface area contributed by atoms with Crippen LogP contribution in [0.2, 0.25) is 0 Å². The first kappa shape index (κ1) is 11.6. The molecule has 6 nitrogen and oxygen atoms in total. The van der Waals surface area contributed by atoms with Gasteiger partial charge in [0.15, 0.2) is 0 Å². The van der Waals surface area contributed by atoms with Gasteiger partial charge in [0.1, 0.15) is 6.33 Å². The fourth-order valence-corrected chi connectivity index (χ4v) is 1.92. The van der Waals surface area contributed by atoms with Crippen LogP contribution < -0.4 is 10.5 Å². The molecule has 0 saturated carbocycles. The van der Waals surface area contributed by atoms with E-state index in [0.717, 1.165) is 16.3 Å². The van der Waals surface area contributed by atoms with E-state index in [9.17, 15) is 0 Å². The highest BCUT2D eigenvalue weighted by molar-refractivity contribution is 5.89. The summed E-state index contributed by atoms with van der Waals surface area (Å²) in [7, 11) is 1.78. The average Bonchev–Trinajstić information content (AvgIpc) is 2.85. The largest absolute Gasteiger partial charge is 0.403 e. The Morgan fingerprint density at radius 3 is 2.68 bits per heavy atom. The van der Waals surface area contributed by atoms with Gasteiger partial charge in [-0.1, -0.05) is 18.2 Å². The fraction of sp³-hybridized carbons (Fsp3) is 0.154. The number of nitrogens with zero attached hydrogens (tertiary/aromatic N) is 4. The van der Waals surface area contributed by atoms with Crippen LogP contribution in [0.3, 0.4) is 0 Å². The maximum Gasteiger partial charge on any atom is 0.342 e. The molecule has 96 valence electrons. The summed E-state index contributed by atoms with van der Waals surface area (Å²) in [6.45, 7) is 0.440. The quantitative estimate of drug-likeness (QED) is 0.769. The van der Waals surface area contributed by atoms with Crippen LogP contribution in [0, 0.1) is 0 Å². The smallest absolute Gasteiger partial charge is 0.342 e. The topological polar surface area (TPSA) is 78.8 Å². The molecule has 2 N–H and O–H groups in total. The van der Waals surface area contributed by atoms with Crippen molar-refractivity contribution >= 4 is 10.8 Å². The summed E-state index contributed by atoms with van der Waals surface area (Å²) in [5.41, 5.74) is 6.70. The Kier molecular flexibility index (Phi) is 2.85. The molecule has 0 bridgehead atoms. The van der Waals surface area contributed by atoms with Crippen molar-refractivity contribution in [1.82, 2.24) is 19.7 Å². The second-order valence-corrected chi connectivity index (χ2v) is 4.14. The molecule has 19 heavy (non-hydrogen) atoms. The van der Waals surface area contributed by atoms with Gasteiger partial charge in [-0.2, -0.15) is 4.98 Å². The van der Waals surface area contributed by atoms with Crippen molar-refractivity contribution in [2.24, 2.45) is 12.8 Å². The molecule has 0 aliphatic heterocycles. The second-order valence-electron chi connectivity index (χ2n) is 4.14. The zero-order valence-electron chi connectivity index (χ0n) is 10.4. The normalized spacial score (nSPS) is 10.8. The standard InChI is InChI=1S/C13H13N5O/c1-18-8-16-13(17-18)19-12-11-5-3-2-4-10(11)9(6-14)7-15-12/h2-5,7-8H,6,14H2,1H3. The van der Waals surface area contributed by atoms with Crippen LogP contribution in [0.15, 0.2) is 36.8 Å². The van der Waals surface area contributed by atoms with E-state index in [4.69, 9.17) is 10.5 Å². The summed E-state index contributed by atoms with van der Waals surface area (Å²) in [6, 6.07) is 8.12. The van der Waals surface area contributed by atoms with Gasteiger partial charge in [-0.25, -0.2) is 4.98 Å². The molecule has 0 fully saturated rings. The summed E-state index contributed by atoms with van der Waals surface area (Å²) < 4.78 is 7.19. The van der Waals surface area contributed by atoms with Crippen molar-refractivity contribution in [1.29, 1.82) is 0 Å². The maximum absolute atomic E-state index is 5.71. The van der Waals surface area contributed by atoms with Crippen LogP contribution in [0.4, 0.5) is 0 Å². The zero-order valence-corrected chi connectivity index (χ0v) is 10.4. The molecule has 2 aromatic heterocycles. The highest BCUT2D eigenvalue weighted by Crippen LogP contribution is 2.28. The van der Waals surface area contributed by atoms with E-state index in [-0.39, 0.29) is 6.01 Å². The van der Waals surface area contributed by atoms with Gasteiger partial charge >= 0.3 is 6.01 Å². The number of ether oxygens (including phenoxy) is 1. The number of hydrogen-bond donors (Lipinski definition) is 1. The molecule has 0 spiro atoms. The van der Waals surface area contributed by atoms with Crippen LogP contribution in [-0.2, 0) is 13.6 Å². The number of pyridine rings is 1. The van der Waals surface area contributed by atoms with E-state index in [1.54, 1.807) is 24.3 Å². The Balaban J connectivity index is 2.09. The Hall–Kier alpha value is -2.47. The monoisotopic (exact) mass is 255 g/mol. The molecule has 0 aliphatic carbocycles. The molecule has 3 rings (SSSR count). The zero-order chi connectivity index (χ0) is 13.2. The molecule has 0 amide bonds. The van der Waals surface area contributed by atoms with Gasteiger partial charge in [0.2, 0.25) is 5.88 Å². The lowest BCUT2D eigenvalue weighted by Crippen LogP contribution is -2.00. The molecule has 3 aromatic rings. The van der Waals surface area contributed by atoms with E-state index in [0.29, 0.717) is 12.4 Å². The van der Waals surface area contributed by atoms with Gasteiger partial charge in [-0.05, 0) is 17.0 Å². The van der Waals surface area contributed by atoms with Gasteiger partial charge in [0, 0.05) is 25.2 Å². The van der Waals surface area contributed by atoms with Crippen LogP contribution in [0.5, 0.6) is 11.9 Å². The lowest BCUT2D eigenvalue weighted by Gasteiger charge is -2.08. The van der Waals surface area contributed by atoms with Crippen LogP contribution >= 0.6 is 0 Å². The summed E-state index contributed by atoms with van der Waals surface area (Å²) >= 11 is 0. The summed E-state index contributed by atoms with van der Waals surface area (Å²) in [5, 5.41) is 6.01. The number of hydrogen-bond acceptors (Lipinski definition) is 5. The van der Waals surface area contributed by atoms with Gasteiger partial charge in [0.25, 0.3) is 0 Å². The Morgan fingerprint density at radius 1 is 1.21 bits per heavy atom. The van der Waals surface area contributed by atoms with Crippen molar-refractivity contribution in [3.8, 4) is 11.9 Å². The van der Waals surface area contributed by atoms with Crippen molar-refractivity contribution in [3.63, 3.8) is 0 Å². The third-order valence-corrected chi connectivity index (χ3v) is 2.83. The minimum absolute atomic E-state index is 0.278. The number of aromatic nitrogens is 4. The number of benzene rings is 1. The summed E-state index contributed by atoms with van der Waals surface area (Å²) in [4.78, 5) is 8.32. The molecule has 0 radical (unpaired) electrons. The molecular formula is C13H13N5O. The highest BCUT2D eigenvalue weighted by Gasteiger charge is 2.10. The molecular weight excluding hydrogens is 242 g/mol. The molecule has 2 heterocycles. The van der Waals surface area contributed by atoms with Gasteiger partial charge in [-0.3, -0.25) is 4.68 Å². The van der Waals surface area contributed by atoms with Crippen molar-refractivity contribution < 1.29 is 4.74 Å². The lowest BCUT2D eigenvalue weighted by molar-refractivity contribution is 0.427. The molecule has 0 aliphatic rings. The van der Waals surface area contributed by atoms with Gasteiger partial charge in [-0.15, -0.1) is 5.10 Å². The minimum atomic E-state index is 0.278. The van der Waals surface area contributed by atoms with E-state index in [1.807, 2.05) is 24.3 Å². The van der Waals surface area contributed by atoms with E-state index in [1.165, 1.54) is 0 Å². The summed E-state index contributed by atoms with van der Waals surface area (Å²) in [6.07, 6.45) is 3.30. The summed E-state index contributed by atoms with van der Waals surface area (Å²) in [5.74, 6) is 0.485. The van der Waals surface area contributed by atoms with Crippen molar-refractivity contribution in [2.45, 2.75) is 6.54 Å². The van der Waals surface area contributed by atoms with Crippen LogP contribution in [0.1, 0.15) is 5.56 Å². The first-order valence-corrected chi connectivity index (χ1v) is 5.88. The molecule has 6 heteroatoms. The molecule has 1 aromatic carbocycles. The van der Waals surface area contributed by atoms with E-state index < -0.39 is 0 Å². The van der Waals surface area contributed by atoms with Crippen molar-refractivity contribution in [3.05, 3.63) is 42.4 Å². The number of fused-ring (bicyclic) bond motifs is 1. The molecule has 0 saturated heterocycles. The Labute approximate surface area is 109 Å². The average molecular weight is 255 g/mol. The van der Waals surface area contributed by atoms with E-state index in [2.05, 4.69) is 15.1 Å². The van der Waals surface area contributed by atoms with Gasteiger partial charge < -0.3 is 10.5 Å². The maximum atomic E-state index is 5.71. The van der Waals surface area contributed by atoms with E-state index >= 15 is 0 Å². The number of rotatable bonds is 3. The number of aryl methyl sites for hydroxylation is 1. The predicted octanol–water partition coefficient (Wildman–Crippen LogP) is 1.61.